The Kier molecular flexibility index (Phi) is 5.99. The molecule has 0 saturated carbocycles. The Balaban J connectivity index is 1.53. The van der Waals surface area contributed by atoms with Crippen molar-refractivity contribution in [1.82, 2.24) is 20.4 Å². The molecule has 8 heteroatoms. The Bertz CT molecular complexity index is 740. The van der Waals surface area contributed by atoms with E-state index in [0.29, 0.717) is 37.8 Å². The van der Waals surface area contributed by atoms with Crippen LogP contribution in [-0.4, -0.2) is 72.3 Å². The summed E-state index contributed by atoms with van der Waals surface area (Å²) in [6, 6.07) is 4.33. The molecule has 3 aliphatic heterocycles. The van der Waals surface area contributed by atoms with Crippen LogP contribution >= 0.6 is 0 Å². The zero-order valence-electron chi connectivity index (χ0n) is 17.3. The number of rotatable bonds is 6. The SMILES string of the molecule is COCCC(=O)NC[C@H]1[C@H]2C[C@H](CN(c3ccc(C)nn3)C2)[C@@H]2CCCC(=O)N21. The molecule has 3 aliphatic rings. The van der Waals surface area contributed by atoms with E-state index < -0.39 is 0 Å². The lowest BCUT2D eigenvalue weighted by Crippen LogP contribution is -2.67. The minimum atomic E-state index is -0.0213. The summed E-state index contributed by atoms with van der Waals surface area (Å²) < 4.78 is 5.00. The molecule has 8 nitrogen and oxygen atoms in total. The summed E-state index contributed by atoms with van der Waals surface area (Å²) in [6.45, 7) is 4.61. The van der Waals surface area contributed by atoms with Gasteiger partial charge in [-0.1, -0.05) is 0 Å². The lowest BCUT2D eigenvalue weighted by atomic mass is 9.72. The number of hydrogen-bond acceptors (Lipinski definition) is 6. The maximum absolute atomic E-state index is 12.8. The Morgan fingerprint density at radius 2 is 2.10 bits per heavy atom. The Morgan fingerprint density at radius 1 is 1.28 bits per heavy atom. The predicted molar refractivity (Wildman–Crippen MR) is 108 cm³/mol. The molecule has 4 heterocycles. The van der Waals surface area contributed by atoms with Gasteiger partial charge in [-0.05, 0) is 50.2 Å². The van der Waals surface area contributed by atoms with Crippen LogP contribution in [0.3, 0.4) is 0 Å². The van der Waals surface area contributed by atoms with Crippen molar-refractivity contribution in [3.8, 4) is 0 Å². The lowest BCUT2D eigenvalue weighted by Gasteiger charge is -2.56. The first-order valence-electron chi connectivity index (χ1n) is 10.7. The van der Waals surface area contributed by atoms with Gasteiger partial charge in [0.1, 0.15) is 0 Å². The third-order valence-electron chi connectivity index (χ3n) is 6.65. The van der Waals surface area contributed by atoms with Crippen molar-refractivity contribution in [2.75, 3.05) is 38.3 Å². The number of amides is 2. The average molecular weight is 402 g/mol. The van der Waals surface area contributed by atoms with Crippen LogP contribution in [-0.2, 0) is 14.3 Å². The molecule has 0 unspecified atom stereocenters. The lowest BCUT2D eigenvalue weighted by molar-refractivity contribution is -0.149. The van der Waals surface area contributed by atoms with Gasteiger partial charge in [-0.25, -0.2) is 0 Å². The number of anilines is 1. The largest absolute Gasteiger partial charge is 0.384 e. The number of nitrogens with zero attached hydrogens (tertiary/aromatic N) is 4. The number of piperidine rings is 3. The van der Waals surface area contributed by atoms with Crippen molar-refractivity contribution in [3.63, 3.8) is 0 Å². The highest BCUT2D eigenvalue weighted by Gasteiger charge is 2.49. The predicted octanol–water partition coefficient (Wildman–Crippen LogP) is 1.14. The summed E-state index contributed by atoms with van der Waals surface area (Å²) in [4.78, 5) is 29.4. The molecule has 3 saturated heterocycles. The quantitative estimate of drug-likeness (QED) is 0.769. The molecule has 0 aromatic carbocycles. The van der Waals surface area contributed by atoms with Gasteiger partial charge in [-0.15, -0.1) is 5.10 Å². The molecule has 1 aromatic rings. The molecule has 158 valence electrons. The van der Waals surface area contributed by atoms with Crippen LogP contribution in [0.4, 0.5) is 5.82 Å². The summed E-state index contributed by atoms with van der Waals surface area (Å²) in [7, 11) is 1.59. The molecule has 2 bridgehead atoms. The van der Waals surface area contributed by atoms with Gasteiger partial charge in [-0.2, -0.15) is 5.10 Å². The number of ether oxygens (including phenoxy) is 1. The second kappa shape index (κ2) is 8.65. The summed E-state index contributed by atoms with van der Waals surface area (Å²) in [5.41, 5.74) is 0.909. The first-order chi connectivity index (χ1) is 14.1. The number of carbonyl (C=O) groups excluding carboxylic acids is 2. The number of aryl methyl sites for hydroxylation is 1. The number of nitrogens with one attached hydrogen (secondary N) is 1. The van der Waals surface area contributed by atoms with Crippen LogP contribution in [0.25, 0.3) is 0 Å². The van der Waals surface area contributed by atoms with Crippen molar-refractivity contribution in [2.24, 2.45) is 11.8 Å². The summed E-state index contributed by atoms with van der Waals surface area (Å²) in [5, 5.41) is 11.7. The van der Waals surface area contributed by atoms with Gasteiger partial charge < -0.3 is 19.9 Å². The molecule has 2 amide bonds. The van der Waals surface area contributed by atoms with E-state index in [1.807, 2.05) is 19.1 Å². The fraction of sp³-hybridized carbons (Fsp3) is 0.714. The van der Waals surface area contributed by atoms with Crippen LogP contribution < -0.4 is 10.2 Å². The summed E-state index contributed by atoms with van der Waals surface area (Å²) >= 11 is 0. The van der Waals surface area contributed by atoms with E-state index >= 15 is 0 Å². The topological polar surface area (TPSA) is 87.7 Å². The van der Waals surface area contributed by atoms with Gasteiger partial charge in [0, 0.05) is 45.6 Å². The fourth-order valence-corrected chi connectivity index (χ4v) is 5.29. The summed E-state index contributed by atoms with van der Waals surface area (Å²) in [5.74, 6) is 1.89. The van der Waals surface area contributed by atoms with Gasteiger partial charge in [0.25, 0.3) is 0 Å². The number of fused-ring (bicyclic) bond motifs is 4. The first kappa shape index (κ1) is 20.1. The van der Waals surface area contributed by atoms with Gasteiger partial charge in [0.2, 0.25) is 11.8 Å². The summed E-state index contributed by atoms with van der Waals surface area (Å²) in [6.07, 6.45) is 4.07. The number of carbonyl (C=O) groups is 2. The van der Waals surface area contributed by atoms with E-state index in [-0.39, 0.29) is 23.9 Å². The second-order valence-corrected chi connectivity index (χ2v) is 8.57. The molecule has 0 aliphatic carbocycles. The van der Waals surface area contributed by atoms with E-state index in [1.54, 1.807) is 7.11 Å². The third kappa shape index (κ3) is 4.22. The van der Waals surface area contributed by atoms with Crippen molar-refractivity contribution in [1.29, 1.82) is 0 Å². The molecule has 29 heavy (non-hydrogen) atoms. The Morgan fingerprint density at radius 3 is 2.86 bits per heavy atom. The molecular weight excluding hydrogens is 370 g/mol. The van der Waals surface area contributed by atoms with Gasteiger partial charge >= 0.3 is 0 Å². The maximum Gasteiger partial charge on any atom is 0.223 e. The molecule has 0 radical (unpaired) electrons. The van der Waals surface area contributed by atoms with Crippen molar-refractivity contribution < 1.29 is 14.3 Å². The molecule has 1 N–H and O–H groups in total. The number of hydrogen-bond donors (Lipinski definition) is 1. The fourth-order valence-electron chi connectivity index (χ4n) is 5.29. The third-order valence-corrected chi connectivity index (χ3v) is 6.65. The molecular formula is C21H31N5O3. The van der Waals surface area contributed by atoms with Crippen LogP contribution in [0, 0.1) is 18.8 Å². The molecule has 1 aromatic heterocycles. The molecule has 4 rings (SSSR count). The maximum atomic E-state index is 12.8. The molecule has 3 fully saturated rings. The minimum Gasteiger partial charge on any atom is -0.384 e. The first-order valence-corrected chi connectivity index (χ1v) is 10.7. The zero-order chi connectivity index (χ0) is 20.4. The van der Waals surface area contributed by atoms with Crippen LogP contribution in [0.5, 0.6) is 0 Å². The number of aromatic nitrogens is 2. The van der Waals surface area contributed by atoms with Crippen LogP contribution in [0.2, 0.25) is 0 Å². The van der Waals surface area contributed by atoms with E-state index in [4.69, 9.17) is 4.74 Å². The highest BCUT2D eigenvalue weighted by atomic mass is 16.5. The normalized spacial score (nSPS) is 28.8. The average Bonchev–Trinajstić information content (AvgIpc) is 2.73. The Labute approximate surface area is 172 Å². The van der Waals surface area contributed by atoms with Crippen molar-refractivity contribution >= 4 is 17.6 Å². The standard InChI is InChI=1S/C21H31N5O3/c1-14-6-7-19(24-23-14)25-12-15-10-16(13-25)18(11-22-20(27)8-9-29-2)26-17(15)4-3-5-21(26)28/h6-7,15-18H,3-5,8-13H2,1-2H3,(H,22,27)/t15-,16+,17+,18+/m1/s1. The van der Waals surface area contributed by atoms with Crippen molar-refractivity contribution in [2.45, 2.75) is 51.1 Å². The number of methoxy groups -OCH3 is 1. The smallest absolute Gasteiger partial charge is 0.223 e. The Hall–Kier alpha value is -2.22. The highest BCUT2D eigenvalue weighted by Crippen LogP contribution is 2.42. The van der Waals surface area contributed by atoms with Gasteiger partial charge in [0.05, 0.1) is 18.3 Å². The second-order valence-electron chi connectivity index (χ2n) is 8.57. The minimum absolute atomic E-state index is 0.0213. The molecule has 0 spiro atoms. The van der Waals surface area contributed by atoms with Gasteiger partial charge in [-0.3, -0.25) is 9.59 Å². The van der Waals surface area contributed by atoms with Crippen LogP contribution in [0.15, 0.2) is 12.1 Å². The van der Waals surface area contributed by atoms with Crippen LogP contribution in [0.1, 0.15) is 37.8 Å². The zero-order valence-corrected chi connectivity index (χ0v) is 17.3. The van der Waals surface area contributed by atoms with E-state index in [0.717, 1.165) is 43.9 Å². The molecule has 4 atom stereocenters. The van der Waals surface area contributed by atoms with Crippen molar-refractivity contribution in [3.05, 3.63) is 17.8 Å². The van der Waals surface area contributed by atoms with E-state index in [9.17, 15) is 9.59 Å². The monoisotopic (exact) mass is 401 g/mol. The van der Waals surface area contributed by atoms with Gasteiger partial charge in [0.15, 0.2) is 5.82 Å². The highest BCUT2D eigenvalue weighted by molar-refractivity contribution is 5.79. The van der Waals surface area contributed by atoms with E-state index in [2.05, 4.69) is 25.3 Å². The van der Waals surface area contributed by atoms with E-state index in [1.165, 1.54) is 0 Å².